The minimum Gasteiger partial charge on any atom is -0.340 e. The fourth-order valence-corrected chi connectivity index (χ4v) is 3.03. The number of benzene rings is 1. The summed E-state index contributed by atoms with van der Waals surface area (Å²) in [5.74, 6) is 1.21. The Kier molecular flexibility index (Phi) is 6.33. The monoisotopic (exact) mass is 360 g/mol. The predicted molar refractivity (Wildman–Crippen MR) is 94.9 cm³/mol. The largest absolute Gasteiger partial charge is 0.340 e. The van der Waals surface area contributed by atoms with Crippen molar-refractivity contribution >= 4 is 5.91 Å². The molecule has 1 aromatic heterocycles. The second-order valence-corrected chi connectivity index (χ2v) is 6.67. The van der Waals surface area contributed by atoms with E-state index in [1.165, 1.54) is 12.1 Å². The van der Waals surface area contributed by atoms with Crippen LogP contribution in [0.3, 0.4) is 0 Å². The summed E-state index contributed by atoms with van der Waals surface area (Å²) in [6.07, 6.45) is 3.34. The first-order chi connectivity index (χ1) is 12.6. The van der Waals surface area contributed by atoms with Gasteiger partial charge in [-0.25, -0.2) is 4.39 Å². The Morgan fingerprint density at radius 3 is 2.62 bits per heavy atom. The molecule has 1 aromatic carbocycles. The molecule has 3 rings (SSSR count). The second kappa shape index (κ2) is 8.89. The van der Waals surface area contributed by atoms with Crippen molar-refractivity contribution in [2.45, 2.75) is 39.2 Å². The number of amides is 1. The highest BCUT2D eigenvalue weighted by Gasteiger charge is 2.22. The Balaban J connectivity index is 1.44. The van der Waals surface area contributed by atoms with Crippen LogP contribution in [-0.2, 0) is 24.2 Å². The summed E-state index contributed by atoms with van der Waals surface area (Å²) >= 11 is 0. The molecule has 26 heavy (non-hydrogen) atoms. The first-order valence-corrected chi connectivity index (χ1v) is 9.20. The Labute approximate surface area is 153 Å². The van der Waals surface area contributed by atoms with Crippen molar-refractivity contribution in [2.24, 2.45) is 0 Å². The molecular formula is C19H25FN4O2. The van der Waals surface area contributed by atoms with Crippen LogP contribution in [0.25, 0.3) is 0 Å². The number of piperazine rings is 1. The SMILES string of the molecule is CCCCc1noc(CN2CCN(C(=O)Cc3ccc(F)cc3)CC2)n1. The number of aryl methyl sites for hydroxylation is 1. The number of carbonyl (C=O) groups excluding carboxylic acids is 1. The van der Waals surface area contributed by atoms with E-state index in [9.17, 15) is 9.18 Å². The molecule has 2 aromatic rings. The molecule has 1 aliphatic heterocycles. The highest BCUT2D eigenvalue weighted by Crippen LogP contribution is 2.11. The average Bonchev–Trinajstić information content (AvgIpc) is 3.10. The molecule has 0 bridgehead atoms. The van der Waals surface area contributed by atoms with E-state index in [0.717, 1.165) is 43.7 Å². The topological polar surface area (TPSA) is 62.5 Å². The molecule has 1 aliphatic rings. The Morgan fingerprint density at radius 2 is 1.92 bits per heavy atom. The number of halogens is 1. The van der Waals surface area contributed by atoms with Gasteiger partial charge in [-0.15, -0.1) is 0 Å². The second-order valence-electron chi connectivity index (χ2n) is 6.67. The van der Waals surface area contributed by atoms with Crippen LogP contribution < -0.4 is 0 Å². The summed E-state index contributed by atoms with van der Waals surface area (Å²) in [6, 6.07) is 6.10. The van der Waals surface area contributed by atoms with Crippen molar-refractivity contribution in [2.75, 3.05) is 26.2 Å². The number of hydrogen-bond acceptors (Lipinski definition) is 5. The van der Waals surface area contributed by atoms with Crippen LogP contribution in [0.1, 0.15) is 37.0 Å². The first-order valence-electron chi connectivity index (χ1n) is 9.20. The Morgan fingerprint density at radius 1 is 1.19 bits per heavy atom. The fourth-order valence-electron chi connectivity index (χ4n) is 3.03. The lowest BCUT2D eigenvalue weighted by molar-refractivity contribution is -0.132. The van der Waals surface area contributed by atoms with Crippen molar-refractivity contribution in [1.29, 1.82) is 0 Å². The van der Waals surface area contributed by atoms with Gasteiger partial charge in [0.25, 0.3) is 0 Å². The lowest BCUT2D eigenvalue weighted by Crippen LogP contribution is -2.48. The van der Waals surface area contributed by atoms with Crippen LogP contribution in [-0.4, -0.2) is 52.0 Å². The van der Waals surface area contributed by atoms with Crippen LogP contribution in [0.2, 0.25) is 0 Å². The first kappa shape index (κ1) is 18.5. The summed E-state index contributed by atoms with van der Waals surface area (Å²) in [6.45, 7) is 5.67. The molecule has 0 unspecified atom stereocenters. The van der Waals surface area contributed by atoms with Crippen molar-refractivity contribution in [3.8, 4) is 0 Å². The van der Waals surface area contributed by atoms with Gasteiger partial charge in [0, 0.05) is 32.6 Å². The minimum atomic E-state index is -0.284. The molecule has 0 atom stereocenters. The Hall–Kier alpha value is -2.28. The third-order valence-corrected chi connectivity index (χ3v) is 4.62. The van der Waals surface area contributed by atoms with E-state index >= 15 is 0 Å². The molecule has 7 heteroatoms. The fraction of sp³-hybridized carbons (Fsp3) is 0.526. The summed E-state index contributed by atoms with van der Waals surface area (Å²) < 4.78 is 18.3. The molecule has 0 spiro atoms. The highest BCUT2D eigenvalue weighted by molar-refractivity contribution is 5.78. The molecule has 1 amide bonds. The summed E-state index contributed by atoms with van der Waals surface area (Å²) in [4.78, 5) is 20.9. The summed E-state index contributed by atoms with van der Waals surface area (Å²) in [5, 5.41) is 4.01. The van der Waals surface area contributed by atoms with Crippen LogP contribution >= 0.6 is 0 Å². The van der Waals surface area contributed by atoms with Gasteiger partial charge in [-0.1, -0.05) is 30.6 Å². The van der Waals surface area contributed by atoms with E-state index < -0.39 is 0 Å². The number of nitrogens with zero attached hydrogens (tertiary/aromatic N) is 4. The standard InChI is InChI=1S/C19H25FN4O2/c1-2-3-4-17-21-18(26-22-17)14-23-9-11-24(12-10-23)19(25)13-15-5-7-16(20)8-6-15/h5-8H,2-4,9-14H2,1H3. The van der Waals surface area contributed by atoms with Crippen LogP contribution in [0.15, 0.2) is 28.8 Å². The number of unbranched alkanes of at least 4 members (excludes halogenated alkanes) is 1. The van der Waals surface area contributed by atoms with E-state index in [1.807, 2.05) is 4.90 Å². The molecule has 1 fully saturated rings. The lowest BCUT2D eigenvalue weighted by atomic mass is 10.1. The zero-order valence-electron chi connectivity index (χ0n) is 15.2. The number of carbonyl (C=O) groups is 1. The molecular weight excluding hydrogens is 335 g/mol. The third-order valence-electron chi connectivity index (χ3n) is 4.62. The molecule has 0 saturated carbocycles. The zero-order valence-corrected chi connectivity index (χ0v) is 15.2. The van der Waals surface area contributed by atoms with Crippen molar-refractivity contribution < 1.29 is 13.7 Å². The van der Waals surface area contributed by atoms with E-state index in [1.54, 1.807) is 12.1 Å². The van der Waals surface area contributed by atoms with Gasteiger partial charge in [0.1, 0.15) is 5.82 Å². The molecule has 0 radical (unpaired) electrons. The maximum atomic E-state index is 12.9. The lowest BCUT2D eigenvalue weighted by Gasteiger charge is -2.34. The smallest absolute Gasteiger partial charge is 0.240 e. The maximum absolute atomic E-state index is 12.9. The Bertz CT molecular complexity index is 709. The maximum Gasteiger partial charge on any atom is 0.240 e. The average molecular weight is 360 g/mol. The van der Waals surface area contributed by atoms with E-state index in [0.29, 0.717) is 31.9 Å². The predicted octanol–water partition coefficient (Wildman–Crippen LogP) is 2.44. The summed E-state index contributed by atoms with van der Waals surface area (Å²) in [7, 11) is 0. The molecule has 6 nitrogen and oxygen atoms in total. The molecule has 140 valence electrons. The van der Waals surface area contributed by atoms with Gasteiger partial charge < -0.3 is 9.42 Å². The van der Waals surface area contributed by atoms with E-state index in [4.69, 9.17) is 4.52 Å². The molecule has 0 N–H and O–H groups in total. The van der Waals surface area contributed by atoms with Gasteiger partial charge >= 0.3 is 0 Å². The van der Waals surface area contributed by atoms with Gasteiger partial charge in [-0.05, 0) is 24.1 Å². The van der Waals surface area contributed by atoms with Crippen molar-refractivity contribution in [1.82, 2.24) is 19.9 Å². The zero-order chi connectivity index (χ0) is 18.4. The number of rotatable bonds is 7. The van der Waals surface area contributed by atoms with E-state index in [2.05, 4.69) is 22.0 Å². The normalized spacial score (nSPS) is 15.4. The van der Waals surface area contributed by atoms with Crippen molar-refractivity contribution in [3.63, 3.8) is 0 Å². The van der Waals surface area contributed by atoms with Gasteiger partial charge in [-0.2, -0.15) is 4.98 Å². The van der Waals surface area contributed by atoms with Gasteiger partial charge in [0.15, 0.2) is 5.82 Å². The van der Waals surface area contributed by atoms with Gasteiger partial charge in [-0.3, -0.25) is 9.69 Å². The van der Waals surface area contributed by atoms with Crippen LogP contribution in [0, 0.1) is 5.82 Å². The van der Waals surface area contributed by atoms with Crippen LogP contribution in [0.5, 0.6) is 0 Å². The van der Waals surface area contributed by atoms with Crippen LogP contribution in [0.4, 0.5) is 4.39 Å². The highest BCUT2D eigenvalue weighted by atomic mass is 19.1. The minimum absolute atomic E-state index is 0.0795. The number of aromatic nitrogens is 2. The van der Waals surface area contributed by atoms with Crippen molar-refractivity contribution in [3.05, 3.63) is 47.4 Å². The quantitative estimate of drug-likeness (QED) is 0.759. The molecule has 0 aliphatic carbocycles. The van der Waals surface area contributed by atoms with Gasteiger partial charge in [0.2, 0.25) is 11.8 Å². The molecule has 1 saturated heterocycles. The summed E-state index contributed by atoms with van der Waals surface area (Å²) in [5.41, 5.74) is 0.837. The third kappa shape index (κ3) is 5.11. The van der Waals surface area contributed by atoms with E-state index in [-0.39, 0.29) is 11.7 Å². The molecule has 2 heterocycles. The van der Waals surface area contributed by atoms with Gasteiger partial charge in [0.05, 0.1) is 13.0 Å². The number of hydrogen-bond donors (Lipinski definition) is 0.